The van der Waals surface area contributed by atoms with Crippen LogP contribution in [0, 0.1) is 5.92 Å². The summed E-state index contributed by atoms with van der Waals surface area (Å²) >= 11 is 5.84. The molecule has 1 aromatic rings. The first-order chi connectivity index (χ1) is 8.58. The second-order valence-corrected chi connectivity index (χ2v) is 4.97. The van der Waals surface area contributed by atoms with Crippen molar-refractivity contribution in [2.24, 2.45) is 13.0 Å². The van der Waals surface area contributed by atoms with Crippen molar-refractivity contribution in [2.45, 2.75) is 26.2 Å². The number of aliphatic hydroxyl groups excluding tert-OH is 1. The van der Waals surface area contributed by atoms with Gasteiger partial charge in [0.2, 0.25) is 0 Å². The van der Waals surface area contributed by atoms with Crippen LogP contribution in [-0.2, 0) is 7.05 Å². The van der Waals surface area contributed by atoms with Crippen molar-refractivity contribution in [3.05, 3.63) is 23.0 Å². The molecule has 0 aliphatic rings. The predicted molar refractivity (Wildman–Crippen MR) is 72.9 cm³/mol. The summed E-state index contributed by atoms with van der Waals surface area (Å²) in [5, 5.41) is 12.4. The van der Waals surface area contributed by atoms with E-state index in [0.29, 0.717) is 23.2 Å². The molecule has 1 amide bonds. The van der Waals surface area contributed by atoms with Gasteiger partial charge in [0.05, 0.1) is 5.02 Å². The summed E-state index contributed by atoms with van der Waals surface area (Å²) in [5.74, 6) is 0.211. The summed E-state index contributed by atoms with van der Waals surface area (Å²) in [6.45, 7) is 2.86. The van der Waals surface area contributed by atoms with Crippen LogP contribution in [-0.4, -0.2) is 28.7 Å². The van der Waals surface area contributed by atoms with Crippen LogP contribution in [0.5, 0.6) is 0 Å². The number of carbonyl (C=O) groups excluding carboxylic acids is 1. The zero-order valence-electron chi connectivity index (χ0n) is 10.9. The molecule has 0 saturated carbocycles. The molecule has 102 valence electrons. The van der Waals surface area contributed by atoms with Gasteiger partial charge in [-0.25, -0.2) is 0 Å². The van der Waals surface area contributed by atoms with E-state index < -0.39 is 0 Å². The third kappa shape index (κ3) is 4.35. The second kappa shape index (κ2) is 7.44. The van der Waals surface area contributed by atoms with Crippen LogP contribution in [0.3, 0.4) is 0 Å². The Bertz CT molecular complexity index is 384. The van der Waals surface area contributed by atoms with E-state index in [4.69, 9.17) is 16.7 Å². The molecular weight excluding hydrogens is 252 g/mol. The van der Waals surface area contributed by atoms with Gasteiger partial charge in [0.25, 0.3) is 5.91 Å². The number of aryl methyl sites for hydroxylation is 1. The van der Waals surface area contributed by atoms with Gasteiger partial charge in [-0.2, -0.15) is 0 Å². The zero-order chi connectivity index (χ0) is 13.5. The number of aliphatic hydroxyl groups is 1. The average Bonchev–Trinajstić information content (AvgIpc) is 2.65. The van der Waals surface area contributed by atoms with E-state index >= 15 is 0 Å². The summed E-state index contributed by atoms with van der Waals surface area (Å²) in [6.07, 6.45) is 4.49. The minimum absolute atomic E-state index is 0.122. The highest BCUT2D eigenvalue weighted by Gasteiger charge is 2.13. The molecule has 0 aromatic carbocycles. The van der Waals surface area contributed by atoms with E-state index in [-0.39, 0.29) is 12.5 Å². The molecule has 1 heterocycles. The number of nitrogens with zero attached hydrogens (tertiary/aromatic N) is 1. The largest absolute Gasteiger partial charge is 0.396 e. The second-order valence-electron chi connectivity index (χ2n) is 4.53. The molecule has 0 radical (unpaired) electrons. The van der Waals surface area contributed by atoms with Crippen LogP contribution in [0.2, 0.25) is 5.02 Å². The minimum atomic E-state index is -0.122. The van der Waals surface area contributed by atoms with E-state index in [2.05, 4.69) is 12.2 Å². The van der Waals surface area contributed by atoms with E-state index in [1.165, 1.54) is 0 Å². The highest BCUT2D eigenvalue weighted by molar-refractivity contribution is 6.31. The number of aromatic nitrogens is 1. The van der Waals surface area contributed by atoms with Gasteiger partial charge in [-0.15, -0.1) is 0 Å². The SMILES string of the molecule is CCCC(CCO)CNC(=O)c1cc(Cl)cn1C. The first-order valence-electron chi connectivity index (χ1n) is 6.29. The van der Waals surface area contributed by atoms with E-state index in [1.54, 1.807) is 23.9 Å². The summed E-state index contributed by atoms with van der Waals surface area (Å²) in [6, 6.07) is 1.65. The highest BCUT2D eigenvalue weighted by atomic mass is 35.5. The number of halogens is 1. The first-order valence-corrected chi connectivity index (χ1v) is 6.67. The van der Waals surface area contributed by atoms with Crippen molar-refractivity contribution in [3.63, 3.8) is 0 Å². The summed E-state index contributed by atoms with van der Waals surface area (Å²) in [5.41, 5.74) is 0.555. The lowest BCUT2D eigenvalue weighted by Gasteiger charge is -2.15. The fourth-order valence-electron chi connectivity index (χ4n) is 2.02. The van der Waals surface area contributed by atoms with Crippen molar-refractivity contribution in [3.8, 4) is 0 Å². The molecule has 0 saturated heterocycles. The maximum absolute atomic E-state index is 11.9. The number of nitrogens with one attached hydrogen (secondary N) is 1. The molecule has 1 aromatic heterocycles. The molecule has 1 unspecified atom stereocenters. The maximum atomic E-state index is 11.9. The average molecular weight is 273 g/mol. The van der Waals surface area contributed by atoms with Crippen LogP contribution in [0.4, 0.5) is 0 Å². The first kappa shape index (κ1) is 15.1. The Balaban J connectivity index is 2.51. The zero-order valence-corrected chi connectivity index (χ0v) is 11.7. The van der Waals surface area contributed by atoms with Crippen LogP contribution in [0.15, 0.2) is 12.3 Å². The third-order valence-electron chi connectivity index (χ3n) is 2.99. The van der Waals surface area contributed by atoms with Crippen molar-refractivity contribution < 1.29 is 9.90 Å². The van der Waals surface area contributed by atoms with Gasteiger partial charge in [-0.3, -0.25) is 4.79 Å². The van der Waals surface area contributed by atoms with Gasteiger partial charge in [0.1, 0.15) is 5.69 Å². The van der Waals surface area contributed by atoms with E-state index in [0.717, 1.165) is 19.3 Å². The lowest BCUT2D eigenvalue weighted by molar-refractivity contribution is 0.0935. The number of rotatable bonds is 7. The third-order valence-corrected chi connectivity index (χ3v) is 3.20. The van der Waals surface area contributed by atoms with Crippen molar-refractivity contribution in [1.29, 1.82) is 0 Å². The number of hydrogen-bond donors (Lipinski definition) is 2. The smallest absolute Gasteiger partial charge is 0.267 e. The van der Waals surface area contributed by atoms with Gasteiger partial charge < -0.3 is 15.0 Å². The lowest BCUT2D eigenvalue weighted by Crippen LogP contribution is -2.30. The van der Waals surface area contributed by atoms with Crippen molar-refractivity contribution in [2.75, 3.05) is 13.2 Å². The quantitative estimate of drug-likeness (QED) is 0.800. The van der Waals surface area contributed by atoms with Gasteiger partial charge >= 0.3 is 0 Å². The fourth-order valence-corrected chi connectivity index (χ4v) is 2.27. The normalized spacial score (nSPS) is 12.4. The molecule has 1 rings (SSSR count). The van der Waals surface area contributed by atoms with Gasteiger partial charge in [0.15, 0.2) is 0 Å². The number of hydrogen-bond acceptors (Lipinski definition) is 2. The molecule has 0 bridgehead atoms. The molecule has 5 heteroatoms. The van der Waals surface area contributed by atoms with E-state index in [9.17, 15) is 4.79 Å². The lowest BCUT2D eigenvalue weighted by atomic mass is 10.0. The molecular formula is C13H21ClN2O2. The monoisotopic (exact) mass is 272 g/mol. The van der Waals surface area contributed by atoms with Crippen molar-refractivity contribution in [1.82, 2.24) is 9.88 Å². The predicted octanol–water partition coefficient (Wildman–Crippen LogP) is 2.21. The summed E-state index contributed by atoms with van der Waals surface area (Å²) in [4.78, 5) is 11.9. The molecule has 0 aliphatic carbocycles. The van der Waals surface area contributed by atoms with E-state index in [1.807, 2.05) is 0 Å². The standard InChI is InChI=1S/C13H21ClN2O2/c1-3-4-10(5-6-17)8-15-13(18)12-7-11(14)9-16(12)2/h7,9-10,17H,3-6,8H2,1-2H3,(H,15,18). The van der Waals surface area contributed by atoms with Crippen LogP contribution >= 0.6 is 11.6 Å². The van der Waals surface area contributed by atoms with Gasteiger partial charge in [-0.05, 0) is 24.8 Å². The molecule has 4 nitrogen and oxygen atoms in total. The van der Waals surface area contributed by atoms with Crippen molar-refractivity contribution >= 4 is 17.5 Å². The summed E-state index contributed by atoms with van der Waals surface area (Å²) in [7, 11) is 1.79. The molecule has 0 fully saturated rings. The van der Waals surface area contributed by atoms with Crippen LogP contribution in [0.1, 0.15) is 36.7 Å². The fraction of sp³-hybridized carbons (Fsp3) is 0.615. The minimum Gasteiger partial charge on any atom is -0.396 e. The molecule has 1 atom stereocenters. The topological polar surface area (TPSA) is 54.3 Å². The Labute approximate surface area is 113 Å². The maximum Gasteiger partial charge on any atom is 0.267 e. The van der Waals surface area contributed by atoms with Gasteiger partial charge in [-0.1, -0.05) is 24.9 Å². The molecule has 2 N–H and O–H groups in total. The Morgan fingerprint density at radius 2 is 2.28 bits per heavy atom. The Morgan fingerprint density at radius 3 is 2.78 bits per heavy atom. The molecule has 0 aliphatic heterocycles. The van der Waals surface area contributed by atoms with Crippen LogP contribution in [0.25, 0.3) is 0 Å². The number of amides is 1. The Hall–Kier alpha value is -1.00. The van der Waals surface area contributed by atoms with Gasteiger partial charge in [0, 0.05) is 26.4 Å². The van der Waals surface area contributed by atoms with Crippen LogP contribution < -0.4 is 5.32 Å². The highest BCUT2D eigenvalue weighted by Crippen LogP contribution is 2.13. The Morgan fingerprint density at radius 1 is 1.56 bits per heavy atom. The molecule has 18 heavy (non-hydrogen) atoms. The number of carbonyl (C=O) groups is 1. The molecule has 0 spiro atoms. The Kier molecular flexibility index (Phi) is 6.22. The summed E-state index contributed by atoms with van der Waals surface area (Å²) < 4.78 is 1.71.